The van der Waals surface area contributed by atoms with Gasteiger partial charge in [-0.1, -0.05) is 17.7 Å². The van der Waals surface area contributed by atoms with Crippen LogP contribution in [-0.2, 0) is 16.6 Å². The molecule has 0 atom stereocenters. The van der Waals surface area contributed by atoms with Gasteiger partial charge in [-0.2, -0.15) is 0 Å². The number of anilines is 1. The van der Waals surface area contributed by atoms with E-state index >= 15 is 0 Å². The van der Waals surface area contributed by atoms with Gasteiger partial charge in [0.05, 0.1) is 5.02 Å². The normalized spacial score (nSPS) is 11.6. The second kappa shape index (κ2) is 5.97. The molecule has 0 heterocycles. The van der Waals surface area contributed by atoms with Gasteiger partial charge in [-0.05, 0) is 24.3 Å². The maximum absolute atomic E-state index is 13.5. The van der Waals surface area contributed by atoms with E-state index in [0.29, 0.717) is 6.07 Å². The van der Waals surface area contributed by atoms with E-state index in [1.165, 1.54) is 18.2 Å². The number of nitrogens with one attached hydrogen (secondary N) is 1. The summed E-state index contributed by atoms with van der Waals surface area (Å²) in [6.07, 6.45) is 0. The molecule has 0 radical (unpaired) electrons. The van der Waals surface area contributed by atoms with Gasteiger partial charge >= 0.3 is 0 Å². The van der Waals surface area contributed by atoms with E-state index in [0.717, 1.165) is 12.1 Å². The molecule has 0 saturated carbocycles. The molecule has 0 saturated heterocycles. The van der Waals surface area contributed by atoms with Gasteiger partial charge in [-0.15, -0.1) is 0 Å². The Bertz CT molecular complexity index is 782. The van der Waals surface area contributed by atoms with E-state index in [2.05, 4.69) is 4.72 Å². The fourth-order valence-electron chi connectivity index (χ4n) is 1.64. The Kier molecular flexibility index (Phi) is 4.46. The first-order chi connectivity index (χ1) is 9.79. The molecule has 0 aliphatic heterocycles. The van der Waals surface area contributed by atoms with Crippen LogP contribution in [0.2, 0.25) is 5.02 Å². The fourth-order valence-corrected chi connectivity index (χ4v) is 3.18. The number of nitrogens with two attached hydrogens (primary N) is 1. The lowest BCUT2D eigenvalue weighted by Crippen LogP contribution is -2.24. The maximum atomic E-state index is 13.5. The molecule has 0 unspecified atom stereocenters. The summed E-state index contributed by atoms with van der Waals surface area (Å²) in [5, 5.41) is -0.00345. The minimum atomic E-state index is -3.96. The first kappa shape index (κ1) is 15.7. The lowest BCUT2D eigenvalue weighted by atomic mass is 10.2. The molecule has 0 aromatic heterocycles. The third-order valence-corrected chi connectivity index (χ3v) is 4.60. The highest BCUT2D eigenvalue weighted by molar-refractivity contribution is 7.89. The van der Waals surface area contributed by atoms with E-state index < -0.39 is 21.7 Å². The second-order valence-corrected chi connectivity index (χ2v) is 6.39. The highest BCUT2D eigenvalue weighted by Gasteiger charge is 2.18. The lowest BCUT2D eigenvalue weighted by Gasteiger charge is -2.09. The summed E-state index contributed by atoms with van der Waals surface area (Å²) < 4.78 is 52.6. The number of sulfonamides is 1. The second-order valence-electron chi connectivity index (χ2n) is 4.25. The summed E-state index contributed by atoms with van der Waals surface area (Å²) in [6, 6.07) is 6.89. The first-order valence-electron chi connectivity index (χ1n) is 5.78. The van der Waals surface area contributed by atoms with Crippen molar-refractivity contribution in [2.24, 2.45) is 0 Å². The van der Waals surface area contributed by atoms with E-state index in [1.54, 1.807) is 0 Å². The van der Waals surface area contributed by atoms with Crippen molar-refractivity contribution >= 4 is 27.3 Å². The SMILES string of the molecule is Nc1ccc(Cl)c(S(=O)(=O)NCc2ccc(F)cc2F)c1. The highest BCUT2D eigenvalue weighted by atomic mass is 35.5. The molecule has 0 aliphatic rings. The molecule has 3 N–H and O–H groups in total. The van der Waals surface area contributed by atoms with Crippen molar-refractivity contribution in [1.82, 2.24) is 4.72 Å². The molecule has 0 aliphatic carbocycles. The number of hydrogen-bond donors (Lipinski definition) is 2. The standard InChI is InChI=1S/C13H11ClF2N2O2S/c14-11-4-3-10(17)6-13(11)21(19,20)18-7-8-1-2-9(15)5-12(8)16/h1-6,18H,7,17H2. The third kappa shape index (κ3) is 3.69. The predicted octanol–water partition coefficient (Wildman–Crippen LogP) is 2.68. The van der Waals surface area contributed by atoms with Gasteiger partial charge in [-0.3, -0.25) is 0 Å². The molecule has 2 aromatic rings. The van der Waals surface area contributed by atoms with Crippen LogP contribution < -0.4 is 10.5 Å². The van der Waals surface area contributed by atoms with Crippen LogP contribution in [-0.4, -0.2) is 8.42 Å². The lowest BCUT2D eigenvalue weighted by molar-refractivity contribution is 0.562. The average molecular weight is 333 g/mol. The zero-order valence-corrected chi connectivity index (χ0v) is 12.2. The number of rotatable bonds is 4. The van der Waals surface area contributed by atoms with Crippen LogP contribution in [0.25, 0.3) is 0 Å². The van der Waals surface area contributed by atoms with Gasteiger partial charge in [0, 0.05) is 23.9 Å². The van der Waals surface area contributed by atoms with Crippen molar-refractivity contribution in [2.45, 2.75) is 11.4 Å². The van der Waals surface area contributed by atoms with Crippen LogP contribution in [0.4, 0.5) is 14.5 Å². The summed E-state index contributed by atoms with van der Waals surface area (Å²) in [6.45, 7) is -0.334. The van der Waals surface area contributed by atoms with Gasteiger partial charge in [0.1, 0.15) is 16.5 Å². The van der Waals surface area contributed by atoms with Crippen molar-refractivity contribution in [3.05, 3.63) is 58.6 Å². The summed E-state index contributed by atoms with van der Waals surface area (Å²) >= 11 is 5.82. The Morgan fingerprint density at radius 2 is 1.86 bits per heavy atom. The molecule has 8 heteroatoms. The van der Waals surface area contributed by atoms with Gasteiger partial charge in [0.15, 0.2) is 0 Å². The van der Waals surface area contributed by atoms with Crippen LogP contribution in [0.5, 0.6) is 0 Å². The molecule has 4 nitrogen and oxygen atoms in total. The summed E-state index contributed by atoms with van der Waals surface area (Å²) in [5.74, 6) is -1.57. The van der Waals surface area contributed by atoms with Crippen LogP contribution in [0.3, 0.4) is 0 Å². The van der Waals surface area contributed by atoms with Crippen molar-refractivity contribution in [2.75, 3.05) is 5.73 Å². The quantitative estimate of drug-likeness (QED) is 0.845. The van der Waals surface area contributed by atoms with Gasteiger partial charge in [0.2, 0.25) is 10.0 Å². The zero-order valence-electron chi connectivity index (χ0n) is 10.6. The van der Waals surface area contributed by atoms with E-state index in [-0.39, 0.29) is 27.7 Å². The largest absolute Gasteiger partial charge is 0.399 e. The Morgan fingerprint density at radius 1 is 1.14 bits per heavy atom. The topological polar surface area (TPSA) is 72.2 Å². The van der Waals surface area contributed by atoms with Crippen LogP contribution in [0.1, 0.15) is 5.56 Å². The number of nitrogen functional groups attached to an aromatic ring is 1. The molecular formula is C13H11ClF2N2O2S. The van der Waals surface area contributed by atoms with Crippen molar-refractivity contribution in [3.8, 4) is 0 Å². The van der Waals surface area contributed by atoms with E-state index in [9.17, 15) is 17.2 Å². The smallest absolute Gasteiger partial charge is 0.242 e. The van der Waals surface area contributed by atoms with Gasteiger partial charge in [-0.25, -0.2) is 21.9 Å². The van der Waals surface area contributed by atoms with Gasteiger partial charge in [0.25, 0.3) is 0 Å². The number of hydrogen-bond acceptors (Lipinski definition) is 3. The maximum Gasteiger partial charge on any atom is 0.242 e. The molecule has 0 spiro atoms. The molecule has 2 rings (SSSR count). The predicted molar refractivity (Wildman–Crippen MR) is 76.2 cm³/mol. The van der Waals surface area contributed by atoms with Crippen LogP contribution in [0, 0.1) is 11.6 Å². The first-order valence-corrected chi connectivity index (χ1v) is 7.64. The Morgan fingerprint density at radius 3 is 2.52 bits per heavy atom. The number of halogens is 3. The average Bonchev–Trinajstić information content (AvgIpc) is 2.40. The fraction of sp³-hybridized carbons (Fsp3) is 0.0769. The van der Waals surface area contributed by atoms with Crippen molar-refractivity contribution in [3.63, 3.8) is 0 Å². The Hall–Kier alpha value is -1.70. The zero-order chi connectivity index (χ0) is 15.6. The molecule has 0 amide bonds. The van der Waals surface area contributed by atoms with Gasteiger partial charge < -0.3 is 5.73 Å². The van der Waals surface area contributed by atoms with Crippen molar-refractivity contribution in [1.29, 1.82) is 0 Å². The van der Waals surface area contributed by atoms with Crippen LogP contribution >= 0.6 is 11.6 Å². The summed E-state index contributed by atoms with van der Waals surface area (Å²) in [7, 11) is -3.96. The minimum absolute atomic E-state index is 0.00345. The Balaban J connectivity index is 2.24. The molecule has 2 aromatic carbocycles. The molecule has 0 fully saturated rings. The minimum Gasteiger partial charge on any atom is -0.399 e. The molecule has 0 bridgehead atoms. The molecular weight excluding hydrogens is 322 g/mol. The number of benzene rings is 2. The summed E-state index contributed by atoms with van der Waals surface area (Å²) in [5.41, 5.74) is 5.76. The van der Waals surface area contributed by atoms with Crippen LogP contribution in [0.15, 0.2) is 41.3 Å². The highest BCUT2D eigenvalue weighted by Crippen LogP contribution is 2.23. The monoisotopic (exact) mass is 332 g/mol. The molecule has 112 valence electrons. The molecule has 21 heavy (non-hydrogen) atoms. The third-order valence-electron chi connectivity index (χ3n) is 2.71. The van der Waals surface area contributed by atoms with E-state index in [4.69, 9.17) is 17.3 Å². The summed E-state index contributed by atoms with van der Waals surface area (Å²) in [4.78, 5) is -0.202. The van der Waals surface area contributed by atoms with Crippen molar-refractivity contribution < 1.29 is 17.2 Å². The Labute approximate surface area is 125 Å². The van der Waals surface area contributed by atoms with E-state index in [1.807, 2.05) is 0 Å².